The fourth-order valence-corrected chi connectivity index (χ4v) is 9.49. The van der Waals surface area contributed by atoms with Crippen molar-refractivity contribution in [1.82, 2.24) is 15.0 Å². The first-order valence-corrected chi connectivity index (χ1v) is 17.0. The maximum absolute atomic E-state index is 6.26. The molecule has 214 valence electrons. The van der Waals surface area contributed by atoms with Crippen molar-refractivity contribution in [2.24, 2.45) is 0 Å². The average Bonchev–Trinajstić information content (AvgIpc) is 3.70. The van der Waals surface area contributed by atoms with Crippen LogP contribution in [0.2, 0.25) is 0 Å². The Hall–Kier alpha value is -5.61. The SMILES string of the molecule is c1ccc(-c2nc(-c3ccc4c(c3)oc3ccccc34)nc(-c3cc4ccc5ccccc5c4c4[se]c5ccccc5c34)n2)cc1. The van der Waals surface area contributed by atoms with Crippen molar-refractivity contribution in [3.05, 3.63) is 140 Å². The number of benzene rings is 7. The van der Waals surface area contributed by atoms with Gasteiger partial charge in [-0.05, 0) is 0 Å². The molecule has 0 atom stereocenters. The summed E-state index contributed by atoms with van der Waals surface area (Å²) in [5.74, 6) is 1.94. The summed E-state index contributed by atoms with van der Waals surface area (Å²) in [5.41, 5.74) is 4.56. The Bertz CT molecular complexity index is 2820. The topological polar surface area (TPSA) is 51.8 Å². The van der Waals surface area contributed by atoms with Gasteiger partial charge in [-0.15, -0.1) is 0 Å². The molecule has 0 aliphatic heterocycles. The van der Waals surface area contributed by atoms with Crippen molar-refractivity contribution in [3.63, 3.8) is 0 Å². The van der Waals surface area contributed by atoms with Crippen LogP contribution in [0.15, 0.2) is 144 Å². The minimum atomic E-state index is 0.148. The Morgan fingerprint density at radius 1 is 0.435 bits per heavy atom. The third kappa shape index (κ3) is 3.89. The number of para-hydroxylation sites is 1. The third-order valence-corrected chi connectivity index (χ3v) is 11.4. The van der Waals surface area contributed by atoms with Crippen molar-refractivity contribution in [1.29, 1.82) is 0 Å². The van der Waals surface area contributed by atoms with Gasteiger partial charge in [-0.3, -0.25) is 0 Å². The first-order chi connectivity index (χ1) is 22.8. The fraction of sp³-hybridized carbons (Fsp3) is 0. The van der Waals surface area contributed by atoms with Crippen molar-refractivity contribution in [3.8, 4) is 34.2 Å². The Morgan fingerprint density at radius 3 is 2.00 bits per heavy atom. The molecule has 0 fully saturated rings. The van der Waals surface area contributed by atoms with Gasteiger partial charge in [0.15, 0.2) is 0 Å². The van der Waals surface area contributed by atoms with Crippen molar-refractivity contribution in [2.45, 2.75) is 0 Å². The second-order valence-electron chi connectivity index (χ2n) is 11.6. The Balaban J connectivity index is 1.29. The number of rotatable bonds is 3. The summed E-state index contributed by atoms with van der Waals surface area (Å²) in [5, 5.41) is 9.78. The van der Waals surface area contributed by atoms with Crippen LogP contribution in [0.1, 0.15) is 0 Å². The van der Waals surface area contributed by atoms with E-state index in [1.165, 1.54) is 40.8 Å². The van der Waals surface area contributed by atoms with E-state index in [2.05, 4.69) is 103 Å². The molecule has 10 aromatic rings. The van der Waals surface area contributed by atoms with E-state index in [4.69, 9.17) is 19.4 Å². The predicted octanol–water partition coefficient (Wildman–Crippen LogP) is 10.4. The molecule has 10 rings (SSSR count). The molecule has 46 heavy (non-hydrogen) atoms. The van der Waals surface area contributed by atoms with Gasteiger partial charge >= 0.3 is 258 Å². The summed E-state index contributed by atoms with van der Waals surface area (Å²) in [6.45, 7) is 0. The van der Waals surface area contributed by atoms with Crippen LogP contribution in [0.5, 0.6) is 0 Å². The fourth-order valence-electron chi connectivity index (χ4n) is 6.76. The van der Waals surface area contributed by atoms with Crippen LogP contribution in [-0.2, 0) is 0 Å². The van der Waals surface area contributed by atoms with Gasteiger partial charge in [-0.25, -0.2) is 0 Å². The van der Waals surface area contributed by atoms with Crippen LogP contribution in [0.4, 0.5) is 0 Å². The zero-order valence-corrected chi connectivity index (χ0v) is 26.2. The number of furan rings is 1. The second kappa shape index (κ2) is 9.95. The summed E-state index contributed by atoms with van der Waals surface area (Å²) in [6.07, 6.45) is 0. The molecule has 0 saturated carbocycles. The summed E-state index contributed by atoms with van der Waals surface area (Å²) >= 11 is 0.148. The number of hydrogen-bond donors (Lipinski definition) is 0. The van der Waals surface area contributed by atoms with Gasteiger partial charge in [0.05, 0.1) is 0 Å². The van der Waals surface area contributed by atoms with Gasteiger partial charge in [0, 0.05) is 0 Å². The predicted molar refractivity (Wildman–Crippen MR) is 190 cm³/mol. The van der Waals surface area contributed by atoms with Crippen molar-refractivity contribution < 1.29 is 4.42 Å². The van der Waals surface area contributed by atoms with E-state index in [1.807, 2.05) is 36.4 Å². The van der Waals surface area contributed by atoms with E-state index in [9.17, 15) is 0 Å². The van der Waals surface area contributed by atoms with Crippen LogP contribution >= 0.6 is 0 Å². The molecule has 0 N–H and O–H groups in total. The summed E-state index contributed by atoms with van der Waals surface area (Å²) in [4.78, 5) is 15.4. The molecular weight excluding hydrogens is 629 g/mol. The molecule has 0 spiro atoms. The molecule has 0 aliphatic rings. The second-order valence-corrected chi connectivity index (χ2v) is 13.8. The van der Waals surface area contributed by atoms with Crippen LogP contribution < -0.4 is 0 Å². The number of aromatic nitrogens is 3. The molecule has 0 radical (unpaired) electrons. The molecule has 3 aromatic heterocycles. The normalized spacial score (nSPS) is 11.9. The first-order valence-electron chi connectivity index (χ1n) is 15.3. The molecular formula is C41H23N3OSe. The maximum atomic E-state index is 6.26. The molecule has 0 amide bonds. The van der Waals surface area contributed by atoms with Crippen molar-refractivity contribution >= 4 is 77.3 Å². The number of nitrogens with zero attached hydrogens (tertiary/aromatic N) is 3. The average molecular weight is 653 g/mol. The molecule has 0 unspecified atom stereocenters. The quantitative estimate of drug-likeness (QED) is 0.141. The molecule has 0 aliphatic carbocycles. The molecule has 5 heteroatoms. The summed E-state index contributed by atoms with van der Waals surface area (Å²) < 4.78 is 9.04. The summed E-state index contributed by atoms with van der Waals surface area (Å²) in [6, 6.07) is 48.8. The van der Waals surface area contributed by atoms with Crippen LogP contribution in [0.25, 0.3) is 96.9 Å². The van der Waals surface area contributed by atoms with E-state index in [0.29, 0.717) is 17.5 Å². The van der Waals surface area contributed by atoms with Gasteiger partial charge in [0.25, 0.3) is 0 Å². The van der Waals surface area contributed by atoms with Crippen LogP contribution in [-0.4, -0.2) is 29.5 Å². The van der Waals surface area contributed by atoms with E-state index in [-0.39, 0.29) is 14.5 Å². The number of hydrogen-bond acceptors (Lipinski definition) is 4. The van der Waals surface area contributed by atoms with E-state index < -0.39 is 0 Å². The minimum absolute atomic E-state index is 0.148. The van der Waals surface area contributed by atoms with Crippen LogP contribution in [0.3, 0.4) is 0 Å². The molecule has 7 aromatic carbocycles. The van der Waals surface area contributed by atoms with Crippen molar-refractivity contribution in [2.75, 3.05) is 0 Å². The van der Waals surface area contributed by atoms with Gasteiger partial charge in [-0.2, -0.15) is 0 Å². The van der Waals surface area contributed by atoms with Gasteiger partial charge < -0.3 is 0 Å². The monoisotopic (exact) mass is 653 g/mol. The van der Waals surface area contributed by atoms with E-state index in [0.717, 1.165) is 38.6 Å². The zero-order chi connectivity index (χ0) is 30.2. The number of fused-ring (bicyclic) bond motifs is 10. The zero-order valence-electron chi connectivity index (χ0n) is 24.4. The Kier molecular flexibility index (Phi) is 5.56. The van der Waals surface area contributed by atoms with Gasteiger partial charge in [-0.1, -0.05) is 12.1 Å². The standard InChI is InChI=1S/C41H23N3OSe/c1-2-11-25(12-3-1)39-42-40(27-20-21-30-29-14-6-8-16-33(29)45-34(30)23-27)44-41(43-39)32-22-26-19-18-24-10-4-5-13-28(24)36(26)38-37(32)31-15-7-9-17-35(31)46-38/h1-23H. The van der Waals surface area contributed by atoms with Gasteiger partial charge in [0.1, 0.15) is 0 Å². The molecule has 3 heterocycles. The Morgan fingerprint density at radius 2 is 1.11 bits per heavy atom. The van der Waals surface area contributed by atoms with Crippen LogP contribution in [0, 0.1) is 0 Å². The summed E-state index contributed by atoms with van der Waals surface area (Å²) in [7, 11) is 0. The van der Waals surface area contributed by atoms with E-state index in [1.54, 1.807) is 0 Å². The Labute approximate surface area is 269 Å². The van der Waals surface area contributed by atoms with Gasteiger partial charge in [0.2, 0.25) is 0 Å². The molecule has 0 bridgehead atoms. The first kappa shape index (κ1) is 25.7. The molecule has 4 nitrogen and oxygen atoms in total. The third-order valence-electron chi connectivity index (χ3n) is 8.90. The van der Waals surface area contributed by atoms with E-state index >= 15 is 0 Å². The molecule has 0 saturated heterocycles.